The number of nitrogens with zero attached hydrogens (tertiary/aromatic N) is 1. The maximum Gasteiger partial charge on any atom is 0.416 e. The topological polar surface area (TPSA) is 83.9 Å². The molecule has 1 saturated heterocycles. The average molecular weight is 353 g/mol. The largest absolute Gasteiger partial charge is 0.507 e. The highest BCUT2D eigenvalue weighted by molar-refractivity contribution is 7.89. The summed E-state index contributed by atoms with van der Waals surface area (Å²) in [4.78, 5) is 11.0. The average Bonchev–Trinajstić information content (AvgIpc) is 2.95. The van der Waals surface area contributed by atoms with E-state index in [1.54, 1.807) is 0 Å². The second-order valence-corrected chi connectivity index (χ2v) is 6.84. The van der Waals surface area contributed by atoms with Gasteiger partial charge in [0.05, 0.1) is 12.7 Å². The summed E-state index contributed by atoms with van der Waals surface area (Å²) in [7, 11) is -3.21. The fraction of sp³-hybridized carbons (Fsp3) is 0.462. The second-order valence-electron chi connectivity index (χ2n) is 4.98. The summed E-state index contributed by atoms with van der Waals surface area (Å²) < 4.78 is 68.2. The van der Waals surface area contributed by atoms with Crippen molar-refractivity contribution in [3.05, 3.63) is 23.8 Å². The Balaban J connectivity index is 2.42. The van der Waals surface area contributed by atoms with Crippen molar-refractivity contribution in [1.82, 2.24) is 4.31 Å². The highest BCUT2D eigenvalue weighted by Gasteiger charge is 2.41. The molecule has 1 heterocycles. The lowest BCUT2D eigenvalue weighted by atomic mass is 10.2. The summed E-state index contributed by atoms with van der Waals surface area (Å²) in [6.07, 6.45) is -4.06. The third kappa shape index (κ3) is 3.27. The standard InChI is InChI=1S/C13H14F3NO5S/c1-22-12(19)9-3-2-6-17(9)23(20,21)11-5-4-8(7-10(11)18)13(14,15)16/h4-5,7,9,18H,2-3,6H2,1H3. The van der Waals surface area contributed by atoms with Crippen LogP contribution < -0.4 is 0 Å². The molecule has 0 bridgehead atoms. The Morgan fingerprint density at radius 1 is 1.39 bits per heavy atom. The number of hydrogen-bond acceptors (Lipinski definition) is 5. The van der Waals surface area contributed by atoms with E-state index in [1.807, 2.05) is 0 Å². The van der Waals surface area contributed by atoms with Gasteiger partial charge in [0.1, 0.15) is 16.7 Å². The van der Waals surface area contributed by atoms with Gasteiger partial charge in [-0.1, -0.05) is 0 Å². The number of esters is 1. The molecule has 23 heavy (non-hydrogen) atoms. The molecular weight excluding hydrogens is 339 g/mol. The third-order valence-electron chi connectivity index (χ3n) is 3.55. The zero-order chi connectivity index (χ0) is 17.4. The normalized spacial score (nSPS) is 19.7. The zero-order valence-electron chi connectivity index (χ0n) is 12.0. The third-order valence-corrected chi connectivity index (χ3v) is 5.51. The van der Waals surface area contributed by atoms with E-state index >= 15 is 0 Å². The maximum absolute atomic E-state index is 12.6. The minimum Gasteiger partial charge on any atom is -0.507 e. The van der Waals surface area contributed by atoms with Gasteiger partial charge in [-0.05, 0) is 31.0 Å². The van der Waals surface area contributed by atoms with Crippen LogP contribution in [0.4, 0.5) is 13.2 Å². The number of ether oxygens (including phenoxy) is 1. The first-order valence-electron chi connectivity index (χ1n) is 6.59. The van der Waals surface area contributed by atoms with Gasteiger partial charge in [0.25, 0.3) is 0 Å². The Bertz CT molecular complexity index is 717. The summed E-state index contributed by atoms with van der Waals surface area (Å²) >= 11 is 0. The molecule has 128 valence electrons. The maximum atomic E-state index is 12.6. The lowest BCUT2D eigenvalue weighted by Gasteiger charge is -2.22. The van der Waals surface area contributed by atoms with Crippen LogP contribution in [0.15, 0.2) is 23.1 Å². The van der Waals surface area contributed by atoms with Crippen molar-refractivity contribution in [2.75, 3.05) is 13.7 Å². The van der Waals surface area contributed by atoms with Crippen molar-refractivity contribution in [1.29, 1.82) is 0 Å². The Kier molecular flexibility index (Phi) is 4.58. The molecule has 0 radical (unpaired) electrons. The first kappa shape index (κ1) is 17.5. The van der Waals surface area contributed by atoms with Crippen LogP contribution in [0.3, 0.4) is 0 Å². The van der Waals surface area contributed by atoms with Gasteiger partial charge in [-0.25, -0.2) is 8.42 Å². The van der Waals surface area contributed by atoms with Crippen LogP contribution in [-0.2, 0) is 25.7 Å². The van der Waals surface area contributed by atoms with E-state index in [1.165, 1.54) is 0 Å². The highest BCUT2D eigenvalue weighted by atomic mass is 32.2. The lowest BCUT2D eigenvalue weighted by molar-refractivity contribution is -0.144. The number of carbonyl (C=O) groups is 1. The van der Waals surface area contributed by atoms with E-state index in [9.17, 15) is 31.5 Å². The van der Waals surface area contributed by atoms with Crippen LogP contribution >= 0.6 is 0 Å². The Morgan fingerprint density at radius 3 is 2.57 bits per heavy atom. The fourth-order valence-electron chi connectivity index (χ4n) is 2.44. The number of carbonyl (C=O) groups excluding carboxylic acids is 1. The number of alkyl halides is 3. The second kappa shape index (κ2) is 6.00. The summed E-state index contributed by atoms with van der Waals surface area (Å²) in [5.41, 5.74) is -1.17. The molecular formula is C13H14F3NO5S. The monoisotopic (exact) mass is 353 g/mol. The summed E-state index contributed by atoms with van der Waals surface area (Å²) in [6.45, 7) is 0.0164. The smallest absolute Gasteiger partial charge is 0.416 e. The molecule has 1 aromatic carbocycles. The van der Waals surface area contributed by atoms with Gasteiger partial charge in [-0.2, -0.15) is 17.5 Å². The predicted octanol–water partition coefficient (Wildman–Crippen LogP) is 1.74. The van der Waals surface area contributed by atoms with Crippen molar-refractivity contribution in [2.45, 2.75) is 30.0 Å². The number of sulfonamides is 1. The molecule has 1 aliphatic rings. The number of rotatable bonds is 3. The molecule has 0 aliphatic carbocycles. The van der Waals surface area contributed by atoms with E-state index in [0.717, 1.165) is 11.4 Å². The van der Waals surface area contributed by atoms with Gasteiger partial charge in [0.15, 0.2) is 0 Å². The molecule has 6 nitrogen and oxygen atoms in total. The number of hydrogen-bond donors (Lipinski definition) is 1. The van der Waals surface area contributed by atoms with Gasteiger partial charge < -0.3 is 9.84 Å². The van der Waals surface area contributed by atoms with E-state index < -0.39 is 44.4 Å². The highest BCUT2D eigenvalue weighted by Crippen LogP contribution is 2.36. The lowest BCUT2D eigenvalue weighted by Crippen LogP contribution is -2.41. The minimum atomic E-state index is -4.71. The van der Waals surface area contributed by atoms with Gasteiger partial charge in [0, 0.05) is 6.54 Å². The molecule has 2 rings (SSSR count). The quantitative estimate of drug-likeness (QED) is 0.837. The molecule has 1 aliphatic heterocycles. The van der Waals surface area contributed by atoms with Crippen molar-refractivity contribution >= 4 is 16.0 Å². The van der Waals surface area contributed by atoms with Gasteiger partial charge in [-0.15, -0.1) is 0 Å². The fourth-order valence-corrected chi connectivity index (χ4v) is 4.15. The first-order valence-corrected chi connectivity index (χ1v) is 8.03. The summed E-state index contributed by atoms with van der Waals surface area (Å²) in [6, 6.07) is 0.540. The molecule has 1 unspecified atom stereocenters. The van der Waals surface area contributed by atoms with E-state index in [-0.39, 0.29) is 13.0 Å². The minimum absolute atomic E-state index is 0.0164. The zero-order valence-corrected chi connectivity index (χ0v) is 12.8. The number of halogens is 3. The van der Waals surface area contributed by atoms with E-state index in [4.69, 9.17) is 0 Å². The molecule has 1 aromatic rings. The number of benzene rings is 1. The van der Waals surface area contributed by atoms with E-state index in [2.05, 4.69) is 4.74 Å². The Hall–Kier alpha value is -1.81. The molecule has 0 spiro atoms. The molecule has 0 aromatic heterocycles. The number of aromatic hydroxyl groups is 1. The molecule has 1 atom stereocenters. The number of phenols is 1. The van der Waals surface area contributed by atoms with Crippen molar-refractivity contribution in [3.63, 3.8) is 0 Å². The van der Waals surface area contributed by atoms with Crippen LogP contribution in [0.1, 0.15) is 18.4 Å². The molecule has 0 amide bonds. The summed E-state index contributed by atoms with van der Waals surface area (Å²) in [5, 5.41) is 9.71. The predicted molar refractivity (Wildman–Crippen MR) is 72.0 cm³/mol. The molecule has 1 N–H and O–H groups in total. The Labute approximate surface area is 130 Å². The van der Waals surface area contributed by atoms with Crippen LogP contribution in [0, 0.1) is 0 Å². The van der Waals surface area contributed by atoms with Crippen LogP contribution in [0.2, 0.25) is 0 Å². The SMILES string of the molecule is COC(=O)C1CCCN1S(=O)(=O)c1ccc(C(F)(F)F)cc1O. The van der Waals surface area contributed by atoms with Gasteiger partial charge >= 0.3 is 12.1 Å². The van der Waals surface area contributed by atoms with Gasteiger partial charge in [-0.3, -0.25) is 4.79 Å². The number of methoxy groups -OCH3 is 1. The van der Waals surface area contributed by atoms with Crippen LogP contribution in [0.5, 0.6) is 5.75 Å². The van der Waals surface area contributed by atoms with E-state index in [0.29, 0.717) is 24.6 Å². The van der Waals surface area contributed by atoms with Crippen molar-refractivity contribution in [2.24, 2.45) is 0 Å². The van der Waals surface area contributed by atoms with Gasteiger partial charge in [0.2, 0.25) is 10.0 Å². The first-order chi connectivity index (χ1) is 10.6. The van der Waals surface area contributed by atoms with Crippen LogP contribution in [0.25, 0.3) is 0 Å². The van der Waals surface area contributed by atoms with Crippen molar-refractivity contribution in [3.8, 4) is 5.75 Å². The molecule has 0 saturated carbocycles. The Morgan fingerprint density at radius 2 is 2.04 bits per heavy atom. The summed E-state index contributed by atoms with van der Waals surface area (Å²) in [5.74, 6) is -1.77. The molecule has 10 heteroatoms. The molecule has 1 fully saturated rings. The number of phenolic OH excluding ortho intramolecular Hbond substituents is 1. The van der Waals surface area contributed by atoms with Crippen molar-refractivity contribution < 1.29 is 36.2 Å². The van der Waals surface area contributed by atoms with Crippen LogP contribution in [-0.4, -0.2) is 43.5 Å².